The molecule has 1 aromatic carbocycles. The molecule has 30 heavy (non-hydrogen) atoms. The van der Waals surface area contributed by atoms with Gasteiger partial charge < -0.3 is 4.57 Å². The number of para-hydroxylation sites is 1. The lowest BCUT2D eigenvalue weighted by Gasteiger charge is -2.55. The van der Waals surface area contributed by atoms with Crippen LogP contribution in [0.2, 0.25) is 0 Å². The Balaban J connectivity index is 1.30. The molecule has 4 bridgehead atoms. The van der Waals surface area contributed by atoms with Crippen LogP contribution < -0.4 is 10.9 Å². The Hall–Kier alpha value is -2.54. The Morgan fingerprint density at radius 3 is 2.47 bits per heavy atom. The van der Waals surface area contributed by atoms with Crippen LogP contribution in [0.3, 0.4) is 0 Å². The van der Waals surface area contributed by atoms with Crippen molar-refractivity contribution in [3.05, 3.63) is 51.3 Å². The number of aromatic nitrogens is 3. The van der Waals surface area contributed by atoms with Gasteiger partial charge in [0.2, 0.25) is 5.13 Å². The molecule has 0 saturated heterocycles. The topological polar surface area (TPSA) is 76.9 Å². The molecule has 4 aliphatic carbocycles. The van der Waals surface area contributed by atoms with Gasteiger partial charge in [0.1, 0.15) is 5.01 Å². The molecule has 4 aliphatic rings. The molecule has 1 amide bonds. The van der Waals surface area contributed by atoms with E-state index in [0.29, 0.717) is 10.7 Å². The Morgan fingerprint density at radius 2 is 1.77 bits per heavy atom. The van der Waals surface area contributed by atoms with Gasteiger partial charge in [0.05, 0.1) is 11.1 Å². The number of carbonyl (C=O) groups is 1. The van der Waals surface area contributed by atoms with Crippen molar-refractivity contribution >= 4 is 33.3 Å². The Bertz CT molecular complexity index is 1190. The van der Waals surface area contributed by atoms with E-state index in [-0.39, 0.29) is 16.9 Å². The van der Waals surface area contributed by atoms with Gasteiger partial charge in [-0.1, -0.05) is 29.5 Å². The van der Waals surface area contributed by atoms with Gasteiger partial charge in [0.15, 0.2) is 0 Å². The molecule has 4 fully saturated rings. The Kier molecular flexibility index (Phi) is 3.94. The molecule has 6 nitrogen and oxygen atoms in total. The molecule has 2 aromatic heterocycles. The summed E-state index contributed by atoms with van der Waals surface area (Å²) >= 11 is 1.52. The molecule has 0 aliphatic heterocycles. The highest BCUT2D eigenvalue weighted by Gasteiger charge is 2.53. The number of pyridine rings is 1. The van der Waals surface area contributed by atoms with E-state index in [1.54, 1.807) is 11.6 Å². The van der Waals surface area contributed by atoms with Crippen LogP contribution in [0.25, 0.3) is 10.9 Å². The number of fused-ring (bicyclic) bond motifs is 1. The third-order valence-electron chi connectivity index (χ3n) is 7.54. The largest absolute Gasteiger partial charge is 0.311 e. The highest BCUT2D eigenvalue weighted by Crippen LogP contribution is 2.61. The second-order valence-electron chi connectivity index (χ2n) is 9.54. The molecule has 3 aromatic rings. The quantitative estimate of drug-likeness (QED) is 0.692. The number of carbonyl (C=O) groups excluding carboxylic acids is 1. The monoisotopic (exact) mass is 420 g/mol. The Labute approximate surface area is 178 Å². The molecule has 2 heterocycles. The SMILES string of the molecule is Cn1c(=O)cc(C(=O)Nc2nnc(C34CC5CC(CC(C5)C3)C4)s2)c2ccccc21. The molecule has 1 N–H and O–H groups in total. The number of nitrogens with one attached hydrogen (secondary N) is 1. The summed E-state index contributed by atoms with van der Waals surface area (Å²) in [6.07, 6.45) is 7.83. The van der Waals surface area contributed by atoms with Crippen molar-refractivity contribution < 1.29 is 4.79 Å². The predicted octanol–water partition coefficient (Wildman–Crippen LogP) is 4.11. The summed E-state index contributed by atoms with van der Waals surface area (Å²) in [5.41, 5.74) is 1.08. The second kappa shape index (κ2) is 6.48. The first kappa shape index (κ1) is 18.2. The molecule has 7 rings (SSSR count). The fourth-order valence-electron chi connectivity index (χ4n) is 6.62. The van der Waals surface area contributed by atoms with Crippen molar-refractivity contribution in [2.45, 2.75) is 43.9 Å². The molecule has 0 radical (unpaired) electrons. The average molecular weight is 421 g/mol. The molecule has 7 heteroatoms. The van der Waals surface area contributed by atoms with Crippen molar-refractivity contribution in [3.63, 3.8) is 0 Å². The summed E-state index contributed by atoms with van der Waals surface area (Å²) in [5, 5.41) is 14.1. The maximum atomic E-state index is 13.0. The minimum absolute atomic E-state index is 0.171. The van der Waals surface area contributed by atoms with E-state index in [9.17, 15) is 9.59 Å². The molecule has 0 unspecified atom stereocenters. The van der Waals surface area contributed by atoms with E-state index in [2.05, 4.69) is 15.5 Å². The van der Waals surface area contributed by atoms with Gasteiger partial charge in [-0.15, -0.1) is 10.2 Å². The number of benzene rings is 1. The molecule has 0 atom stereocenters. The van der Waals surface area contributed by atoms with Crippen molar-refractivity contribution in [2.24, 2.45) is 24.8 Å². The summed E-state index contributed by atoms with van der Waals surface area (Å²) < 4.78 is 1.56. The fraction of sp³-hybridized carbons (Fsp3) is 0.478. The lowest BCUT2D eigenvalue weighted by atomic mass is 9.50. The number of rotatable bonds is 3. The van der Waals surface area contributed by atoms with Crippen LogP contribution in [-0.4, -0.2) is 20.7 Å². The zero-order valence-corrected chi connectivity index (χ0v) is 17.7. The summed E-state index contributed by atoms with van der Waals surface area (Å²) in [4.78, 5) is 25.4. The number of aryl methyl sites for hydroxylation is 1. The highest BCUT2D eigenvalue weighted by atomic mass is 32.1. The van der Waals surface area contributed by atoms with Crippen molar-refractivity contribution in [1.82, 2.24) is 14.8 Å². The smallest absolute Gasteiger partial charge is 0.258 e. The molecule has 0 spiro atoms. The van der Waals surface area contributed by atoms with Gasteiger partial charge in [-0.3, -0.25) is 14.9 Å². The van der Waals surface area contributed by atoms with Gasteiger partial charge in [0.25, 0.3) is 11.5 Å². The summed E-state index contributed by atoms with van der Waals surface area (Å²) in [7, 11) is 1.72. The van der Waals surface area contributed by atoms with E-state index in [1.807, 2.05) is 24.3 Å². The number of amides is 1. The number of nitrogens with zero attached hydrogens (tertiary/aromatic N) is 3. The third kappa shape index (κ3) is 2.75. The van der Waals surface area contributed by atoms with Gasteiger partial charge >= 0.3 is 0 Å². The third-order valence-corrected chi connectivity index (χ3v) is 8.62. The van der Waals surface area contributed by atoms with Crippen molar-refractivity contribution in [2.75, 3.05) is 5.32 Å². The lowest BCUT2D eigenvalue weighted by molar-refractivity contribution is -0.00555. The van der Waals surface area contributed by atoms with Gasteiger partial charge in [0, 0.05) is 23.9 Å². The molecule has 4 saturated carbocycles. The second-order valence-corrected chi connectivity index (χ2v) is 10.5. The van der Waals surface area contributed by atoms with Crippen LogP contribution >= 0.6 is 11.3 Å². The lowest BCUT2D eigenvalue weighted by Crippen LogP contribution is -2.48. The average Bonchev–Trinajstić information content (AvgIpc) is 3.19. The van der Waals surface area contributed by atoms with Gasteiger partial charge in [-0.05, 0) is 62.3 Å². The first-order valence-corrected chi connectivity index (χ1v) is 11.6. The first-order chi connectivity index (χ1) is 14.5. The zero-order chi connectivity index (χ0) is 20.5. The normalized spacial score (nSPS) is 29.4. The minimum Gasteiger partial charge on any atom is -0.311 e. The van der Waals surface area contributed by atoms with Gasteiger partial charge in [-0.25, -0.2) is 0 Å². The van der Waals surface area contributed by atoms with Crippen LogP contribution in [0.5, 0.6) is 0 Å². The zero-order valence-electron chi connectivity index (χ0n) is 16.9. The van der Waals surface area contributed by atoms with Crippen LogP contribution in [0.1, 0.15) is 53.9 Å². The summed E-state index contributed by atoms with van der Waals surface area (Å²) in [6, 6.07) is 8.86. The minimum atomic E-state index is -0.308. The predicted molar refractivity (Wildman–Crippen MR) is 117 cm³/mol. The van der Waals surface area contributed by atoms with Crippen molar-refractivity contribution in [1.29, 1.82) is 0 Å². The van der Waals surface area contributed by atoms with E-state index in [0.717, 1.165) is 33.7 Å². The Morgan fingerprint density at radius 1 is 1.10 bits per heavy atom. The number of hydrogen-bond acceptors (Lipinski definition) is 5. The van der Waals surface area contributed by atoms with E-state index >= 15 is 0 Å². The molecule has 154 valence electrons. The van der Waals surface area contributed by atoms with Crippen LogP contribution in [-0.2, 0) is 12.5 Å². The van der Waals surface area contributed by atoms with E-state index < -0.39 is 0 Å². The fourth-order valence-corrected chi connectivity index (χ4v) is 7.58. The van der Waals surface area contributed by atoms with Crippen LogP contribution in [0.4, 0.5) is 5.13 Å². The van der Waals surface area contributed by atoms with E-state index in [1.165, 1.54) is 55.9 Å². The maximum absolute atomic E-state index is 13.0. The van der Waals surface area contributed by atoms with Crippen molar-refractivity contribution in [3.8, 4) is 0 Å². The summed E-state index contributed by atoms with van der Waals surface area (Å²) in [6.45, 7) is 0. The van der Waals surface area contributed by atoms with E-state index in [4.69, 9.17) is 0 Å². The van der Waals surface area contributed by atoms with Gasteiger partial charge in [-0.2, -0.15) is 0 Å². The maximum Gasteiger partial charge on any atom is 0.258 e. The number of anilines is 1. The summed E-state index contributed by atoms with van der Waals surface area (Å²) in [5.74, 6) is 2.21. The van der Waals surface area contributed by atoms with Crippen LogP contribution in [0.15, 0.2) is 35.1 Å². The highest BCUT2D eigenvalue weighted by molar-refractivity contribution is 7.15. The standard InChI is InChI=1S/C23H24N4O2S/c1-27-18-5-3-2-4-16(18)17(9-19(27)28)20(29)24-22-26-25-21(30-22)23-10-13-6-14(11-23)8-15(7-13)12-23/h2-5,9,13-15H,6-8,10-12H2,1H3,(H,24,26,29). The number of hydrogen-bond donors (Lipinski definition) is 1. The molecular formula is C23H24N4O2S. The molecular weight excluding hydrogens is 396 g/mol. The first-order valence-electron chi connectivity index (χ1n) is 10.7. The van der Waals surface area contributed by atoms with Crippen LogP contribution in [0, 0.1) is 17.8 Å².